The minimum absolute atomic E-state index is 0.107. The molecule has 2 rings (SSSR count). The molecule has 1 heterocycles. The van der Waals surface area contributed by atoms with E-state index in [1.807, 2.05) is 4.57 Å². The zero-order valence-electron chi connectivity index (χ0n) is 11.6. The van der Waals surface area contributed by atoms with Gasteiger partial charge in [-0.1, -0.05) is 47.1 Å². The Morgan fingerprint density at radius 1 is 1.45 bits per heavy atom. The molecule has 0 unspecified atom stereocenters. The van der Waals surface area contributed by atoms with Crippen LogP contribution in [-0.2, 0) is 17.9 Å². The van der Waals surface area contributed by atoms with Crippen molar-refractivity contribution in [3.8, 4) is 0 Å². The highest BCUT2D eigenvalue weighted by Gasteiger charge is 2.09. The van der Waals surface area contributed by atoms with Gasteiger partial charge in [0, 0.05) is 23.1 Å². The van der Waals surface area contributed by atoms with E-state index in [4.69, 9.17) is 23.2 Å². The van der Waals surface area contributed by atoms with E-state index in [1.54, 1.807) is 30.6 Å². The van der Waals surface area contributed by atoms with Crippen LogP contribution in [0.5, 0.6) is 0 Å². The van der Waals surface area contributed by atoms with E-state index in [2.05, 4.69) is 22.1 Å². The first-order chi connectivity index (χ1) is 10.6. The van der Waals surface area contributed by atoms with Crippen molar-refractivity contribution in [3.63, 3.8) is 0 Å². The van der Waals surface area contributed by atoms with Crippen molar-refractivity contribution in [1.29, 1.82) is 0 Å². The number of aromatic nitrogens is 3. The minimum Gasteiger partial charge on any atom is -0.351 e. The van der Waals surface area contributed by atoms with Gasteiger partial charge in [-0.2, -0.15) is 0 Å². The van der Waals surface area contributed by atoms with E-state index >= 15 is 0 Å². The molecule has 1 amide bonds. The van der Waals surface area contributed by atoms with Crippen LogP contribution in [0.2, 0.25) is 10.0 Å². The summed E-state index contributed by atoms with van der Waals surface area (Å²) in [7, 11) is 0. The number of hydrogen-bond acceptors (Lipinski definition) is 4. The van der Waals surface area contributed by atoms with Crippen LogP contribution >= 0.6 is 35.0 Å². The number of halogens is 2. The van der Waals surface area contributed by atoms with Crippen LogP contribution in [0.3, 0.4) is 0 Å². The Balaban J connectivity index is 1.83. The summed E-state index contributed by atoms with van der Waals surface area (Å²) < 4.78 is 1.82. The molecule has 0 radical (unpaired) electrons. The topological polar surface area (TPSA) is 59.8 Å². The molecular formula is C14H14Cl2N4OS. The Labute approximate surface area is 142 Å². The zero-order chi connectivity index (χ0) is 15.9. The molecule has 0 saturated carbocycles. The maximum atomic E-state index is 11.9. The zero-order valence-corrected chi connectivity index (χ0v) is 14.0. The van der Waals surface area contributed by atoms with Gasteiger partial charge < -0.3 is 9.88 Å². The summed E-state index contributed by atoms with van der Waals surface area (Å²) in [6.45, 7) is 4.63. The number of rotatable bonds is 7. The summed E-state index contributed by atoms with van der Waals surface area (Å²) in [6.07, 6.45) is 3.35. The van der Waals surface area contributed by atoms with Gasteiger partial charge in [0.2, 0.25) is 5.91 Å². The van der Waals surface area contributed by atoms with Crippen LogP contribution in [0.15, 0.2) is 42.3 Å². The Bertz CT molecular complexity index is 675. The van der Waals surface area contributed by atoms with Crippen molar-refractivity contribution >= 4 is 40.9 Å². The molecule has 116 valence electrons. The third-order valence-corrected chi connectivity index (χ3v) is 4.30. The van der Waals surface area contributed by atoms with Crippen molar-refractivity contribution < 1.29 is 4.79 Å². The second-order valence-corrected chi connectivity index (χ2v) is 6.14. The molecule has 0 aliphatic heterocycles. The predicted octanol–water partition coefficient (Wildman–Crippen LogP) is 3.18. The standard InChI is InChI=1S/C14H14Cl2N4OS/c1-2-5-20-9-18-19-14(20)22-8-13(21)17-7-10-3-4-11(15)6-12(10)16/h2-4,6,9H,1,5,7-8H2,(H,17,21). The fourth-order valence-corrected chi connectivity index (χ4v) is 2.89. The quantitative estimate of drug-likeness (QED) is 0.611. The van der Waals surface area contributed by atoms with Crippen molar-refractivity contribution in [1.82, 2.24) is 20.1 Å². The van der Waals surface area contributed by atoms with Crippen molar-refractivity contribution in [2.24, 2.45) is 0 Å². The Morgan fingerprint density at radius 3 is 3.00 bits per heavy atom. The van der Waals surface area contributed by atoms with Crippen LogP contribution in [-0.4, -0.2) is 26.4 Å². The van der Waals surface area contributed by atoms with Crippen molar-refractivity contribution in [3.05, 3.63) is 52.8 Å². The Morgan fingerprint density at radius 2 is 2.27 bits per heavy atom. The molecule has 0 fully saturated rings. The van der Waals surface area contributed by atoms with Gasteiger partial charge in [-0.15, -0.1) is 16.8 Å². The molecule has 0 saturated heterocycles. The van der Waals surface area contributed by atoms with Gasteiger partial charge in [0.15, 0.2) is 5.16 Å². The molecule has 0 bridgehead atoms. The highest BCUT2D eigenvalue weighted by atomic mass is 35.5. The largest absolute Gasteiger partial charge is 0.351 e. The second-order valence-electron chi connectivity index (χ2n) is 4.36. The van der Waals surface area contributed by atoms with Crippen molar-refractivity contribution in [2.45, 2.75) is 18.2 Å². The lowest BCUT2D eigenvalue weighted by Gasteiger charge is -2.07. The summed E-state index contributed by atoms with van der Waals surface area (Å²) in [5.41, 5.74) is 0.819. The lowest BCUT2D eigenvalue weighted by Crippen LogP contribution is -2.24. The monoisotopic (exact) mass is 356 g/mol. The third kappa shape index (κ3) is 4.76. The molecule has 0 aliphatic rings. The first kappa shape index (κ1) is 16.9. The number of benzene rings is 1. The van der Waals surface area contributed by atoms with E-state index in [0.29, 0.717) is 28.3 Å². The lowest BCUT2D eigenvalue weighted by atomic mass is 10.2. The van der Waals surface area contributed by atoms with Gasteiger partial charge in [0.05, 0.1) is 5.75 Å². The van der Waals surface area contributed by atoms with E-state index in [0.717, 1.165) is 5.56 Å². The van der Waals surface area contributed by atoms with E-state index in [9.17, 15) is 4.79 Å². The number of carbonyl (C=O) groups excluding carboxylic acids is 1. The van der Waals surface area contributed by atoms with Gasteiger partial charge in [0.1, 0.15) is 6.33 Å². The van der Waals surface area contributed by atoms with Crippen LogP contribution in [0.4, 0.5) is 0 Å². The van der Waals surface area contributed by atoms with Gasteiger partial charge in [-0.25, -0.2) is 0 Å². The van der Waals surface area contributed by atoms with E-state index in [-0.39, 0.29) is 11.7 Å². The second kappa shape index (κ2) is 8.22. The summed E-state index contributed by atoms with van der Waals surface area (Å²) >= 11 is 13.2. The SMILES string of the molecule is C=CCn1cnnc1SCC(=O)NCc1ccc(Cl)cc1Cl. The highest BCUT2D eigenvalue weighted by molar-refractivity contribution is 7.99. The van der Waals surface area contributed by atoms with Crippen LogP contribution in [0.25, 0.3) is 0 Å². The minimum atomic E-state index is -0.107. The number of carbonyl (C=O) groups is 1. The third-order valence-electron chi connectivity index (χ3n) is 2.73. The van der Waals surface area contributed by atoms with Gasteiger partial charge in [-0.3, -0.25) is 4.79 Å². The molecule has 22 heavy (non-hydrogen) atoms. The van der Waals surface area contributed by atoms with Gasteiger partial charge >= 0.3 is 0 Å². The van der Waals surface area contributed by atoms with Crippen molar-refractivity contribution in [2.75, 3.05) is 5.75 Å². The predicted molar refractivity (Wildman–Crippen MR) is 89.3 cm³/mol. The number of allylic oxidation sites excluding steroid dienone is 1. The molecule has 5 nitrogen and oxygen atoms in total. The number of thioether (sulfide) groups is 1. The Hall–Kier alpha value is -1.50. The first-order valence-corrected chi connectivity index (χ1v) is 8.16. The average Bonchev–Trinajstić information content (AvgIpc) is 2.92. The summed E-state index contributed by atoms with van der Waals surface area (Å²) in [5, 5.41) is 12.4. The summed E-state index contributed by atoms with van der Waals surface area (Å²) in [5.74, 6) is 0.144. The van der Waals surface area contributed by atoms with Crippen LogP contribution < -0.4 is 5.32 Å². The smallest absolute Gasteiger partial charge is 0.230 e. The molecule has 2 aromatic rings. The number of nitrogens with one attached hydrogen (secondary N) is 1. The first-order valence-electron chi connectivity index (χ1n) is 6.42. The fraction of sp³-hybridized carbons (Fsp3) is 0.214. The number of nitrogens with zero attached hydrogens (tertiary/aromatic N) is 3. The molecule has 0 atom stereocenters. The van der Waals surface area contributed by atoms with Gasteiger partial charge in [-0.05, 0) is 17.7 Å². The summed E-state index contributed by atoms with van der Waals surface area (Å²) in [4.78, 5) is 11.9. The lowest BCUT2D eigenvalue weighted by molar-refractivity contribution is -0.118. The molecule has 1 N–H and O–H groups in total. The number of hydrogen-bond donors (Lipinski definition) is 1. The highest BCUT2D eigenvalue weighted by Crippen LogP contribution is 2.21. The van der Waals surface area contributed by atoms with E-state index < -0.39 is 0 Å². The summed E-state index contributed by atoms with van der Waals surface area (Å²) in [6, 6.07) is 5.18. The Kier molecular flexibility index (Phi) is 6.30. The fourth-order valence-electron chi connectivity index (χ4n) is 1.66. The molecule has 0 spiro atoms. The van der Waals surface area contributed by atoms with E-state index in [1.165, 1.54) is 11.8 Å². The molecular weight excluding hydrogens is 343 g/mol. The normalized spacial score (nSPS) is 10.5. The molecule has 1 aromatic carbocycles. The van der Waals surface area contributed by atoms with Crippen LogP contribution in [0.1, 0.15) is 5.56 Å². The average molecular weight is 357 g/mol. The molecule has 1 aromatic heterocycles. The van der Waals surface area contributed by atoms with Gasteiger partial charge in [0.25, 0.3) is 0 Å². The molecule has 0 aliphatic carbocycles. The maximum absolute atomic E-state index is 11.9. The maximum Gasteiger partial charge on any atom is 0.230 e. The number of amides is 1. The molecule has 8 heteroatoms. The van der Waals surface area contributed by atoms with Crippen LogP contribution in [0, 0.1) is 0 Å².